The van der Waals surface area contributed by atoms with Gasteiger partial charge in [-0.3, -0.25) is 4.79 Å². The molecule has 0 spiro atoms. The first-order valence-corrected chi connectivity index (χ1v) is 12.5. The number of amides is 1. The molecule has 2 heterocycles. The summed E-state index contributed by atoms with van der Waals surface area (Å²) in [6, 6.07) is 13.0. The van der Waals surface area contributed by atoms with Crippen molar-refractivity contribution in [3.8, 4) is 5.75 Å². The van der Waals surface area contributed by atoms with Gasteiger partial charge in [0, 0.05) is 55.4 Å². The van der Waals surface area contributed by atoms with E-state index in [9.17, 15) is 31.1 Å². The molecule has 1 aliphatic rings. The third-order valence-corrected chi connectivity index (χ3v) is 5.91. The number of carboxylic acid groups (broad SMARTS) is 1. The molecule has 0 bridgehead atoms. The maximum Gasteiger partial charge on any atom is 0.490 e. The van der Waals surface area contributed by atoms with Gasteiger partial charge in [0.25, 0.3) is 5.91 Å². The van der Waals surface area contributed by atoms with Crippen LogP contribution in [0.1, 0.15) is 15.9 Å². The van der Waals surface area contributed by atoms with E-state index in [0.717, 1.165) is 25.0 Å². The Labute approximate surface area is 241 Å². The number of carboxylic acids is 1. The molecular formula is C27H27F6N5O5. The van der Waals surface area contributed by atoms with Crippen molar-refractivity contribution in [1.29, 1.82) is 0 Å². The Morgan fingerprint density at radius 2 is 1.65 bits per heavy atom. The second-order valence-corrected chi connectivity index (χ2v) is 8.81. The fraction of sp³-hybridized carbons (Fsp3) is 0.296. The SMILES string of the molecule is CNC(=O)c1cccc(Nc2cc(Nc3ccc(N4CCOCC4)cc3OC)ncc2C(F)(F)F)c1.O=C(O)C(F)(F)F. The normalized spacial score (nSPS) is 13.3. The lowest BCUT2D eigenvalue weighted by molar-refractivity contribution is -0.192. The highest BCUT2D eigenvalue weighted by Gasteiger charge is 2.38. The van der Waals surface area contributed by atoms with E-state index < -0.39 is 23.9 Å². The molecule has 1 fully saturated rings. The molecule has 4 N–H and O–H groups in total. The Morgan fingerprint density at radius 1 is 0.977 bits per heavy atom. The van der Waals surface area contributed by atoms with Crippen molar-refractivity contribution in [2.24, 2.45) is 0 Å². The summed E-state index contributed by atoms with van der Waals surface area (Å²) in [4.78, 5) is 27.0. The Kier molecular flexibility index (Phi) is 10.6. The number of hydrogen-bond donors (Lipinski definition) is 4. The highest BCUT2D eigenvalue weighted by atomic mass is 19.4. The molecule has 1 saturated heterocycles. The van der Waals surface area contributed by atoms with Gasteiger partial charge in [-0.15, -0.1) is 0 Å². The highest BCUT2D eigenvalue weighted by Crippen LogP contribution is 2.38. The van der Waals surface area contributed by atoms with E-state index in [1.807, 2.05) is 12.1 Å². The molecule has 10 nitrogen and oxygen atoms in total. The van der Waals surface area contributed by atoms with Crippen LogP contribution < -0.4 is 25.6 Å². The number of carbonyl (C=O) groups excluding carboxylic acids is 1. The van der Waals surface area contributed by atoms with Crippen molar-refractivity contribution >= 4 is 40.4 Å². The lowest BCUT2D eigenvalue weighted by Gasteiger charge is -2.29. The van der Waals surface area contributed by atoms with Gasteiger partial charge in [0.15, 0.2) is 0 Å². The quantitative estimate of drug-likeness (QED) is 0.258. The number of pyridine rings is 1. The molecule has 232 valence electrons. The molecule has 4 rings (SSSR count). The second kappa shape index (κ2) is 14.0. The smallest absolute Gasteiger partial charge is 0.490 e. The first kappa shape index (κ1) is 32.8. The van der Waals surface area contributed by atoms with E-state index in [0.29, 0.717) is 35.9 Å². The number of aliphatic carboxylic acids is 1. The molecule has 0 aliphatic carbocycles. The maximum absolute atomic E-state index is 13.7. The molecular weight excluding hydrogens is 588 g/mol. The number of anilines is 5. The van der Waals surface area contributed by atoms with Gasteiger partial charge in [-0.25, -0.2) is 9.78 Å². The van der Waals surface area contributed by atoms with E-state index in [1.54, 1.807) is 24.3 Å². The van der Waals surface area contributed by atoms with Crippen molar-refractivity contribution in [2.45, 2.75) is 12.4 Å². The van der Waals surface area contributed by atoms with Crippen LogP contribution in [0.4, 0.5) is 54.9 Å². The van der Waals surface area contributed by atoms with Crippen LogP contribution in [0.15, 0.2) is 54.7 Å². The average molecular weight is 616 g/mol. The number of carbonyl (C=O) groups is 2. The minimum absolute atomic E-state index is 0.186. The summed E-state index contributed by atoms with van der Waals surface area (Å²) >= 11 is 0. The van der Waals surface area contributed by atoms with Gasteiger partial charge in [-0.1, -0.05) is 6.07 Å². The van der Waals surface area contributed by atoms with Gasteiger partial charge < -0.3 is 35.4 Å². The third kappa shape index (κ3) is 9.13. The number of rotatable bonds is 7. The maximum atomic E-state index is 13.7. The molecule has 1 aliphatic heterocycles. The van der Waals surface area contributed by atoms with Gasteiger partial charge in [-0.05, 0) is 30.3 Å². The minimum atomic E-state index is -5.08. The number of nitrogens with zero attached hydrogens (tertiary/aromatic N) is 2. The first-order valence-electron chi connectivity index (χ1n) is 12.5. The molecule has 0 radical (unpaired) electrons. The molecule has 0 unspecified atom stereocenters. The first-order chi connectivity index (χ1) is 20.2. The van der Waals surface area contributed by atoms with Crippen molar-refractivity contribution in [1.82, 2.24) is 10.3 Å². The van der Waals surface area contributed by atoms with E-state index in [-0.39, 0.29) is 17.4 Å². The standard InChI is InChI=1S/C25H26F3N5O3.C2HF3O2/c1-29-24(34)16-4-3-5-17(12-16)31-21-14-23(30-15-19(21)25(26,27)28)32-20-7-6-18(13-22(20)35-2)33-8-10-36-11-9-33;3-2(4,5)1(6)7/h3-7,12-15H,8-11H2,1-2H3,(H,29,34)(H2,30,31,32);(H,6,7). The second-order valence-electron chi connectivity index (χ2n) is 8.81. The summed E-state index contributed by atoms with van der Waals surface area (Å²) < 4.78 is 83.8. The third-order valence-electron chi connectivity index (χ3n) is 5.91. The van der Waals surface area contributed by atoms with Gasteiger partial charge in [0.05, 0.1) is 37.3 Å². The topological polar surface area (TPSA) is 125 Å². The monoisotopic (exact) mass is 615 g/mol. The summed E-state index contributed by atoms with van der Waals surface area (Å²) in [7, 11) is 3.00. The van der Waals surface area contributed by atoms with Gasteiger partial charge >= 0.3 is 18.3 Å². The molecule has 2 aromatic carbocycles. The predicted molar refractivity (Wildman–Crippen MR) is 145 cm³/mol. The number of ether oxygens (including phenoxy) is 2. The number of aromatic nitrogens is 1. The molecule has 0 atom stereocenters. The number of morpholine rings is 1. The van der Waals surface area contributed by atoms with Crippen LogP contribution in [0, 0.1) is 0 Å². The van der Waals surface area contributed by atoms with Crippen molar-refractivity contribution in [3.63, 3.8) is 0 Å². The van der Waals surface area contributed by atoms with Crippen LogP contribution >= 0.6 is 0 Å². The van der Waals surface area contributed by atoms with E-state index in [4.69, 9.17) is 19.4 Å². The largest absolute Gasteiger partial charge is 0.494 e. The lowest BCUT2D eigenvalue weighted by Crippen LogP contribution is -2.36. The number of benzene rings is 2. The average Bonchev–Trinajstić information content (AvgIpc) is 2.97. The number of alkyl halides is 6. The molecule has 16 heteroatoms. The Hall–Kier alpha value is -4.73. The van der Waals surface area contributed by atoms with Gasteiger partial charge in [0.1, 0.15) is 11.6 Å². The Balaban J connectivity index is 0.000000646. The predicted octanol–water partition coefficient (Wildman–Crippen LogP) is 5.43. The molecule has 1 amide bonds. The summed E-state index contributed by atoms with van der Waals surface area (Å²) in [6.07, 6.45) is -8.95. The lowest BCUT2D eigenvalue weighted by atomic mass is 10.1. The highest BCUT2D eigenvalue weighted by molar-refractivity contribution is 5.95. The number of methoxy groups -OCH3 is 1. The van der Waals surface area contributed by atoms with Crippen LogP contribution in [0.3, 0.4) is 0 Å². The van der Waals surface area contributed by atoms with Crippen LogP contribution in [-0.4, -0.2) is 68.6 Å². The zero-order valence-corrected chi connectivity index (χ0v) is 22.8. The van der Waals surface area contributed by atoms with Crippen LogP contribution in [0.2, 0.25) is 0 Å². The fourth-order valence-electron chi connectivity index (χ4n) is 3.83. The van der Waals surface area contributed by atoms with Crippen LogP contribution in [0.5, 0.6) is 5.75 Å². The van der Waals surface area contributed by atoms with Crippen molar-refractivity contribution in [2.75, 3.05) is 56.0 Å². The molecule has 43 heavy (non-hydrogen) atoms. The number of hydrogen-bond acceptors (Lipinski definition) is 8. The molecule has 1 aromatic heterocycles. The Morgan fingerprint density at radius 3 is 2.23 bits per heavy atom. The Bertz CT molecular complexity index is 1430. The summed E-state index contributed by atoms with van der Waals surface area (Å²) in [6.45, 7) is 2.79. The van der Waals surface area contributed by atoms with Crippen molar-refractivity contribution in [3.05, 3.63) is 65.9 Å². The van der Waals surface area contributed by atoms with Crippen LogP contribution in [0.25, 0.3) is 0 Å². The molecule has 0 saturated carbocycles. The summed E-state index contributed by atoms with van der Waals surface area (Å²) in [5.74, 6) is -2.40. The van der Waals surface area contributed by atoms with Crippen molar-refractivity contribution < 1.29 is 50.5 Å². The van der Waals surface area contributed by atoms with Crippen LogP contribution in [-0.2, 0) is 15.7 Å². The number of halogens is 6. The van der Waals surface area contributed by atoms with E-state index in [2.05, 4.69) is 25.8 Å². The zero-order chi connectivity index (χ0) is 31.8. The summed E-state index contributed by atoms with van der Waals surface area (Å²) in [5, 5.41) is 15.4. The summed E-state index contributed by atoms with van der Waals surface area (Å²) in [5.41, 5.74) is 1.000. The number of nitrogens with one attached hydrogen (secondary N) is 3. The zero-order valence-electron chi connectivity index (χ0n) is 22.8. The van der Waals surface area contributed by atoms with Gasteiger partial charge in [-0.2, -0.15) is 26.3 Å². The van der Waals surface area contributed by atoms with E-state index >= 15 is 0 Å². The van der Waals surface area contributed by atoms with E-state index in [1.165, 1.54) is 26.3 Å². The fourth-order valence-corrected chi connectivity index (χ4v) is 3.83. The van der Waals surface area contributed by atoms with Gasteiger partial charge in [0.2, 0.25) is 0 Å². The minimum Gasteiger partial charge on any atom is -0.494 e. The molecule has 3 aromatic rings.